The lowest BCUT2D eigenvalue weighted by Gasteiger charge is -2.16. The van der Waals surface area contributed by atoms with Crippen molar-refractivity contribution in [2.24, 2.45) is 5.92 Å². The summed E-state index contributed by atoms with van der Waals surface area (Å²) in [6, 6.07) is -0.185. The fourth-order valence-electron chi connectivity index (χ4n) is 2.06. The van der Waals surface area contributed by atoms with Crippen LogP contribution < -0.4 is 5.32 Å². The first-order chi connectivity index (χ1) is 7.67. The van der Waals surface area contributed by atoms with Crippen LogP contribution in [0.25, 0.3) is 0 Å². The SMILES string of the molecule is CCOC(=O)C(C)NCC1CCN(CC)C1. The monoisotopic (exact) mass is 228 g/mol. The normalized spacial score (nSPS) is 23.3. The molecule has 1 heterocycles. The van der Waals surface area contributed by atoms with E-state index in [1.54, 1.807) is 0 Å². The Morgan fingerprint density at radius 1 is 1.56 bits per heavy atom. The highest BCUT2D eigenvalue weighted by molar-refractivity contribution is 5.75. The molecule has 0 aromatic rings. The van der Waals surface area contributed by atoms with Gasteiger partial charge in [-0.15, -0.1) is 0 Å². The van der Waals surface area contributed by atoms with Crippen molar-refractivity contribution in [3.63, 3.8) is 0 Å². The van der Waals surface area contributed by atoms with Crippen molar-refractivity contribution in [1.29, 1.82) is 0 Å². The Morgan fingerprint density at radius 3 is 2.88 bits per heavy atom. The summed E-state index contributed by atoms with van der Waals surface area (Å²) >= 11 is 0. The van der Waals surface area contributed by atoms with Gasteiger partial charge in [0.15, 0.2) is 0 Å². The van der Waals surface area contributed by atoms with Gasteiger partial charge in [0, 0.05) is 13.1 Å². The van der Waals surface area contributed by atoms with Crippen LogP contribution in [0, 0.1) is 5.92 Å². The third-order valence-corrected chi connectivity index (χ3v) is 3.17. The summed E-state index contributed by atoms with van der Waals surface area (Å²) in [5.41, 5.74) is 0. The Hall–Kier alpha value is -0.610. The quantitative estimate of drug-likeness (QED) is 0.685. The molecule has 0 aromatic heterocycles. The Labute approximate surface area is 98.3 Å². The third kappa shape index (κ3) is 4.10. The van der Waals surface area contributed by atoms with Gasteiger partial charge in [0.1, 0.15) is 6.04 Å². The van der Waals surface area contributed by atoms with Gasteiger partial charge in [0.05, 0.1) is 6.61 Å². The average Bonchev–Trinajstić information content (AvgIpc) is 2.74. The van der Waals surface area contributed by atoms with E-state index in [0.29, 0.717) is 12.5 Å². The summed E-state index contributed by atoms with van der Waals surface area (Å²) < 4.78 is 4.95. The fraction of sp³-hybridized carbons (Fsp3) is 0.917. The van der Waals surface area contributed by atoms with Gasteiger partial charge in [-0.1, -0.05) is 6.92 Å². The summed E-state index contributed by atoms with van der Waals surface area (Å²) in [5, 5.41) is 3.25. The zero-order chi connectivity index (χ0) is 12.0. The van der Waals surface area contributed by atoms with Crippen molar-refractivity contribution in [2.75, 3.05) is 32.8 Å². The smallest absolute Gasteiger partial charge is 0.322 e. The van der Waals surface area contributed by atoms with Gasteiger partial charge < -0.3 is 15.0 Å². The molecule has 0 spiro atoms. The minimum Gasteiger partial charge on any atom is -0.465 e. The molecule has 1 aliphatic heterocycles. The van der Waals surface area contributed by atoms with Crippen LogP contribution in [0.15, 0.2) is 0 Å². The van der Waals surface area contributed by atoms with Crippen LogP contribution in [0.3, 0.4) is 0 Å². The van der Waals surface area contributed by atoms with E-state index in [2.05, 4.69) is 17.1 Å². The van der Waals surface area contributed by atoms with Crippen molar-refractivity contribution < 1.29 is 9.53 Å². The molecule has 0 aromatic carbocycles. The molecule has 1 aliphatic rings. The first kappa shape index (κ1) is 13.5. The second-order valence-corrected chi connectivity index (χ2v) is 4.43. The van der Waals surface area contributed by atoms with Gasteiger partial charge in [-0.25, -0.2) is 0 Å². The highest BCUT2D eigenvalue weighted by atomic mass is 16.5. The number of nitrogens with zero attached hydrogens (tertiary/aromatic N) is 1. The van der Waals surface area contributed by atoms with Crippen LogP contribution in [0.5, 0.6) is 0 Å². The topological polar surface area (TPSA) is 41.6 Å². The number of likely N-dealkylation sites (tertiary alicyclic amines) is 1. The van der Waals surface area contributed by atoms with E-state index < -0.39 is 0 Å². The van der Waals surface area contributed by atoms with Crippen LogP contribution in [0.1, 0.15) is 27.2 Å². The minimum absolute atomic E-state index is 0.146. The molecule has 0 aliphatic carbocycles. The Bertz CT molecular complexity index is 221. The lowest BCUT2D eigenvalue weighted by Crippen LogP contribution is -2.38. The van der Waals surface area contributed by atoms with Crippen LogP contribution >= 0.6 is 0 Å². The molecule has 0 amide bonds. The molecule has 94 valence electrons. The van der Waals surface area contributed by atoms with E-state index in [-0.39, 0.29) is 12.0 Å². The number of ether oxygens (including phenoxy) is 1. The van der Waals surface area contributed by atoms with Crippen LogP contribution in [0.2, 0.25) is 0 Å². The minimum atomic E-state index is -0.185. The highest BCUT2D eigenvalue weighted by Crippen LogP contribution is 2.14. The lowest BCUT2D eigenvalue weighted by molar-refractivity contribution is -0.145. The second-order valence-electron chi connectivity index (χ2n) is 4.43. The van der Waals surface area contributed by atoms with Gasteiger partial charge >= 0.3 is 5.97 Å². The maximum atomic E-state index is 11.4. The fourth-order valence-corrected chi connectivity index (χ4v) is 2.06. The Kier molecular flexibility index (Phi) is 5.77. The van der Waals surface area contributed by atoms with Gasteiger partial charge in [0.2, 0.25) is 0 Å². The number of esters is 1. The number of hydrogen-bond donors (Lipinski definition) is 1. The maximum absolute atomic E-state index is 11.4. The number of carbonyl (C=O) groups is 1. The third-order valence-electron chi connectivity index (χ3n) is 3.17. The number of nitrogens with one attached hydrogen (secondary N) is 1. The van der Waals surface area contributed by atoms with Crippen LogP contribution in [0.4, 0.5) is 0 Å². The molecule has 4 nitrogen and oxygen atoms in total. The number of carbonyl (C=O) groups excluding carboxylic acids is 1. The summed E-state index contributed by atoms with van der Waals surface area (Å²) in [6.45, 7) is 10.7. The molecule has 1 saturated heterocycles. The van der Waals surface area contributed by atoms with Crippen molar-refractivity contribution in [1.82, 2.24) is 10.2 Å². The van der Waals surface area contributed by atoms with Crippen molar-refractivity contribution >= 4 is 5.97 Å². The summed E-state index contributed by atoms with van der Waals surface area (Å²) in [4.78, 5) is 13.8. The molecule has 1 rings (SSSR count). The number of rotatable bonds is 6. The van der Waals surface area contributed by atoms with Crippen molar-refractivity contribution in [3.8, 4) is 0 Å². The van der Waals surface area contributed by atoms with Gasteiger partial charge in [-0.3, -0.25) is 4.79 Å². The zero-order valence-corrected chi connectivity index (χ0v) is 10.7. The molecule has 1 fully saturated rings. The van der Waals surface area contributed by atoms with Crippen molar-refractivity contribution in [3.05, 3.63) is 0 Å². The molecular weight excluding hydrogens is 204 g/mol. The lowest BCUT2D eigenvalue weighted by atomic mass is 10.1. The molecule has 0 bridgehead atoms. The first-order valence-electron chi connectivity index (χ1n) is 6.29. The number of hydrogen-bond acceptors (Lipinski definition) is 4. The van der Waals surface area contributed by atoms with Crippen LogP contribution in [-0.2, 0) is 9.53 Å². The molecule has 2 unspecified atom stereocenters. The Morgan fingerprint density at radius 2 is 2.31 bits per heavy atom. The summed E-state index contributed by atoms with van der Waals surface area (Å²) in [7, 11) is 0. The van der Waals surface area contributed by atoms with E-state index in [0.717, 1.165) is 19.6 Å². The molecule has 1 N–H and O–H groups in total. The van der Waals surface area contributed by atoms with E-state index in [1.807, 2.05) is 13.8 Å². The zero-order valence-electron chi connectivity index (χ0n) is 10.7. The van der Waals surface area contributed by atoms with Gasteiger partial charge in [0.25, 0.3) is 0 Å². The molecular formula is C12H24N2O2. The van der Waals surface area contributed by atoms with Gasteiger partial charge in [-0.05, 0) is 39.3 Å². The van der Waals surface area contributed by atoms with Crippen molar-refractivity contribution in [2.45, 2.75) is 33.2 Å². The average molecular weight is 228 g/mol. The van der Waals surface area contributed by atoms with E-state index in [1.165, 1.54) is 13.0 Å². The molecule has 4 heteroatoms. The van der Waals surface area contributed by atoms with Crippen LogP contribution in [-0.4, -0.2) is 49.7 Å². The van der Waals surface area contributed by atoms with E-state index >= 15 is 0 Å². The standard InChI is InChI=1S/C12H24N2O2/c1-4-14-7-6-11(9-14)8-13-10(3)12(15)16-5-2/h10-11,13H,4-9H2,1-3H3. The second kappa shape index (κ2) is 6.86. The Balaban J connectivity index is 2.17. The predicted molar refractivity (Wildman–Crippen MR) is 64.3 cm³/mol. The van der Waals surface area contributed by atoms with E-state index in [9.17, 15) is 4.79 Å². The highest BCUT2D eigenvalue weighted by Gasteiger charge is 2.22. The first-order valence-corrected chi connectivity index (χ1v) is 6.29. The largest absolute Gasteiger partial charge is 0.465 e. The van der Waals surface area contributed by atoms with E-state index in [4.69, 9.17) is 4.74 Å². The molecule has 0 radical (unpaired) electrons. The summed E-state index contributed by atoms with van der Waals surface area (Å²) in [6.07, 6.45) is 1.23. The molecule has 16 heavy (non-hydrogen) atoms. The maximum Gasteiger partial charge on any atom is 0.322 e. The molecule has 2 atom stereocenters. The predicted octanol–water partition coefficient (Wildman–Crippen LogP) is 0.869. The summed E-state index contributed by atoms with van der Waals surface area (Å²) in [5.74, 6) is 0.532. The molecule has 0 saturated carbocycles. The van der Waals surface area contributed by atoms with Gasteiger partial charge in [-0.2, -0.15) is 0 Å².